The predicted molar refractivity (Wildman–Crippen MR) is 73.4 cm³/mol. The van der Waals surface area contributed by atoms with Crippen molar-refractivity contribution in [1.29, 1.82) is 0 Å². The van der Waals surface area contributed by atoms with E-state index in [-0.39, 0.29) is 18.3 Å². The number of amides is 1. The van der Waals surface area contributed by atoms with Gasteiger partial charge >= 0.3 is 0 Å². The van der Waals surface area contributed by atoms with Gasteiger partial charge in [0.15, 0.2) is 0 Å². The Morgan fingerprint density at radius 1 is 1.56 bits per heavy atom. The highest BCUT2D eigenvalue weighted by Gasteiger charge is 2.16. The Morgan fingerprint density at radius 3 is 2.88 bits per heavy atom. The average molecular weight is 267 g/mol. The second-order valence-corrected chi connectivity index (χ2v) is 5.60. The molecule has 0 bridgehead atoms. The van der Waals surface area contributed by atoms with Gasteiger partial charge in [0.2, 0.25) is 5.91 Å². The molecule has 1 aliphatic heterocycles. The summed E-state index contributed by atoms with van der Waals surface area (Å²) in [6.45, 7) is 6.39. The van der Waals surface area contributed by atoms with Crippen LogP contribution in [-0.2, 0) is 4.79 Å². The molecule has 1 amide bonds. The van der Waals surface area contributed by atoms with Crippen LogP contribution in [-0.4, -0.2) is 36.5 Å². The van der Waals surface area contributed by atoms with Gasteiger partial charge in [0, 0.05) is 12.6 Å². The lowest BCUT2D eigenvalue weighted by Gasteiger charge is -2.11. The molecule has 0 radical (unpaired) electrons. The van der Waals surface area contributed by atoms with Crippen molar-refractivity contribution in [2.75, 3.05) is 24.6 Å². The Hall–Kier alpha value is 0.0700. The highest BCUT2D eigenvalue weighted by atomic mass is 35.5. The van der Waals surface area contributed by atoms with E-state index in [2.05, 4.69) is 24.5 Å². The van der Waals surface area contributed by atoms with Crippen molar-refractivity contribution < 1.29 is 4.79 Å². The molecule has 3 nitrogen and oxygen atoms in total. The number of hydrogen-bond acceptors (Lipinski definition) is 3. The topological polar surface area (TPSA) is 41.1 Å². The molecule has 0 aromatic heterocycles. The molecule has 1 heterocycles. The Labute approximate surface area is 109 Å². The van der Waals surface area contributed by atoms with E-state index in [0.717, 1.165) is 31.2 Å². The smallest absolute Gasteiger partial charge is 0.230 e. The van der Waals surface area contributed by atoms with Gasteiger partial charge in [0.25, 0.3) is 0 Å². The van der Waals surface area contributed by atoms with Crippen LogP contribution in [0.3, 0.4) is 0 Å². The van der Waals surface area contributed by atoms with Crippen LogP contribution < -0.4 is 10.6 Å². The lowest BCUT2D eigenvalue weighted by Crippen LogP contribution is -2.37. The summed E-state index contributed by atoms with van der Waals surface area (Å²) in [5.41, 5.74) is 0. The molecule has 0 aromatic rings. The maximum absolute atomic E-state index is 11.5. The highest BCUT2D eigenvalue weighted by Crippen LogP contribution is 2.08. The van der Waals surface area contributed by atoms with E-state index in [1.165, 1.54) is 6.42 Å². The van der Waals surface area contributed by atoms with Crippen molar-refractivity contribution in [3.63, 3.8) is 0 Å². The molecule has 1 unspecified atom stereocenters. The summed E-state index contributed by atoms with van der Waals surface area (Å²) < 4.78 is 0. The number of hydrogen-bond donors (Lipinski definition) is 2. The zero-order valence-electron chi connectivity index (χ0n) is 10.1. The Bertz CT molecular complexity index is 196. The van der Waals surface area contributed by atoms with Crippen LogP contribution >= 0.6 is 24.2 Å². The Kier molecular flexibility index (Phi) is 9.18. The third-order valence-electron chi connectivity index (χ3n) is 2.50. The zero-order valence-corrected chi connectivity index (χ0v) is 11.8. The van der Waals surface area contributed by atoms with Gasteiger partial charge in [-0.25, -0.2) is 0 Å². The van der Waals surface area contributed by atoms with Crippen LogP contribution in [0.15, 0.2) is 0 Å². The molecule has 2 N–H and O–H groups in total. The number of rotatable bonds is 6. The molecule has 1 fully saturated rings. The van der Waals surface area contributed by atoms with Gasteiger partial charge < -0.3 is 10.6 Å². The van der Waals surface area contributed by atoms with Crippen molar-refractivity contribution in [3.8, 4) is 0 Å². The normalized spacial score (nSPS) is 19.6. The SMILES string of the molecule is CC(C)CCSCC(=O)NC1CCNC1.Cl. The molecule has 1 aliphatic rings. The van der Waals surface area contributed by atoms with Crippen LogP contribution in [0.2, 0.25) is 0 Å². The van der Waals surface area contributed by atoms with Crippen LogP contribution in [0.4, 0.5) is 0 Å². The molecular formula is C11H23ClN2OS. The Balaban J connectivity index is 0.00000225. The van der Waals surface area contributed by atoms with Crippen molar-refractivity contribution in [2.24, 2.45) is 5.92 Å². The molecule has 0 saturated carbocycles. The van der Waals surface area contributed by atoms with Crippen molar-refractivity contribution in [1.82, 2.24) is 10.6 Å². The van der Waals surface area contributed by atoms with Crippen LogP contribution in [0.5, 0.6) is 0 Å². The number of carbonyl (C=O) groups excluding carboxylic acids is 1. The second-order valence-electron chi connectivity index (χ2n) is 4.49. The average Bonchev–Trinajstić information content (AvgIpc) is 2.64. The summed E-state index contributed by atoms with van der Waals surface area (Å²) in [6.07, 6.45) is 2.27. The van der Waals surface area contributed by atoms with Crippen LogP contribution in [0.25, 0.3) is 0 Å². The first-order valence-corrected chi connectivity index (χ1v) is 6.91. The van der Waals surface area contributed by atoms with Crippen LogP contribution in [0.1, 0.15) is 26.7 Å². The maximum atomic E-state index is 11.5. The van der Waals surface area contributed by atoms with Gasteiger partial charge in [0.1, 0.15) is 0 Å². The standard InChI is InChI=1S/C11H22N2OS.ClH/c1-9(2)4-6-15-8-11(14)13-10-3-5-12-7-10;/h9-10,12H,3-8H2,1-2H3,(H,13,14);1H. The summed E-state index contributed by atoms with van der Waals surface area (Å²) in [4.78, 5) is 11.5. The molecule has 1 atom stereocenters. The summed E-state index contributed by atoms with van der Waals surface area (Å²) in [6, 6.07) is 0.364. The van der Waals surface area contributed by atoms with Gasteiger partial charge in [-0.15, -0.1) is 12.4 Å². The van der Waals surface area contributed by atoms with Gasteiger partial charge in [-0.05, 0) is 31.1 Å². The van der Waals surface area contributed by atoms with E-state index in [0.29, 0.717) is 11.8 Å². The van der Waals surface area contributed by atoms with Gasteiger partial charge in [0.05, 0.1) is 5.75 Å². The van der Waals surface area contributed by atoms with Gasteiger partial charge in [-0.2, -0.15) is 11.8 Å². The lowest BCUT2D eigenvalue weighted by molar-refractivity contribution is -0.119. The van der Waals surface area contributed by atoms with E-state index in [9.17, 15) is 4.79 Å². The van der Waals surface area contributed by atoms with Gasteiger partial charge in [-0.3, -0.25) is 4.79 Å². The largest absolute Gasteiger partial charge is 0.351 e. The van der Waals surface area contributed by atoms with E-state index in [1.54, 1.807) is 11.8 Å². The van der Waals surface area contributed by atoms with Crippen LogP contribution in [0, 0.1) is 5.92 Å². The fourth-order valence-electron chi connectivity index (χ4n) is 1.53. The molecule has 5 heteroatoms. The fourth-order valence-corrected chi connectivity index (χ4v) is 2.58. The fraction of sp³-hybridized carbons (Fsp3) is 0.909. The predicted octanol–water partition coefficient (Wildman–Crippen LogP) is 1.67. The summed E-state index contributed by atoms with van der Waals surface area (Å²) >= 11 is 1.74. The number of thioether (sulfide) groups is 1. The summed E-state index contributed by atoms with van der Waals surface area (Å²) in [5.74, 6) is 2.63. The first-order chi connectivity index (χ1) is 7.18. The van der Waals surface area contributed by atoms with Crippen molar-refractivity contribution in [3.05, 3.63) is 0 Å². The molecular weight excluding hydrogens is 244 g/mol. The minimum atomic E-state index is 0. The molecule has 0 aromatic carbocycles. The number of halogens is 1. The lowest BCUT2D eigenvalue weighted by atomic mass is 10.2. The van der Waals surface area contributed by atoms with Gasteiger partial charge in [-0.1, -0.05) is 13.8 Å². The quantitative estimate of drug-likeness (QED) is 0.719. The third kappa shape index (κ3) is 7.36. The third-order valence-corrected chi connectivity index (χ3v) is 3.49. The molecule has 1 rings (SSSR count). The molecule has 0 spiro atoms. The maximum Gasteiger partial charge on any atom is 0.230 e. The van der Waals surface area contributed by atoms with E-state index in [1.807, 2.05) is 0 Å². The highest BCUT2D eigenvalue weighted by molar-refractivity contribution is 7.99. The van der Waals surface area contributed by atoms with Crippen molar-refractivity contribution >= 4 is 30.1 Å². The number of nitrogens with one attached hydrogen (secondary N) is 2. The zero-order chi connectivity index (χ0) is 11.1. The minimum absolute atomic E-state index is 0. The second kappa shape index (κ2) is 9.14. The summed E-state index contributed by atoms with van der Waals surface area (Å²) in [5, 5.41) is 6.28. The summed E-state index contributed by atoms with van der Waals surface area (Å²) in [7, 11) is 0. The van der Waals surface area contributed by atoms with E-state index in [4.69, 9.17) is 0 Å². The van der Waals surface area contributed by atoms with E-state index >= 15 is 0 Å². The molecule has 16 heavy (non-hydrogen) atoms. The molecule has 96 valence electrons. The first kappa shape index (κ1) is 16.1. The number of carbonyl (C=O) groups is 1. The Morgan fingerprint density at radius 2 is 2.31 bits per heavy atom. The van der Waals surface area contributed by atoms with Crippen molar-refractivity contribution in [2.45, 2.75) is 32.7 Å². The van der Waals surface area contributed by atoms with E-state index < -0.39 is 0 Å². The molecule has 1 saturated heterocycles. The minimum Gasteiger partial charge on any atom is -0.351 e. The molecule has 0 aliphatic carbocycles. The monoisotopic (exact) mass is 266 g/mol. The first-order valence-electron chi connectivity index (χ1n) is 5.76.